The Morgan fingerprint density at radius 2 is 1.12 bits per heavy atom. The van der Waals surface area contributed by atoms with Crippen LogP contribution in [0.25, 0.3) is 0 Å². The number of hydrogen-bond donors (Lipinski definition) is 0. The summed E-state index contributed by atoms with van der Waals surface area (Å²) in [6.45, 7) is 0. The van der Waals surface area contributed by atoms with Crippen molar-refractivity contribution in [2.75, 3.05) is 0 Å². The summed E-state index contributed by atoms with van der Waals surface area (Å²) in [6, 6.07) is 0. The molecule has 0 N–H and O–H groups in total. The van der Waals surface area contributed by atoms with Crippen molar-refractivity contribution < 1.29 is 57.8 Å². The summed E-state index contributed by atoms with van der Waals surface area (Å²) in [5, 5.41) is 0. The lowest BCUT2D eigenvalue weighted by molar-refractivity contribution is -0.359. The highest BCUT2D eigenvalue weighted by molar-refractivity contribution is 4.96. The molecule has 194 valence electrons. The van der Waals surface area contributed by atoms with Crippen molar-refractivity contribution in [2.24, 2.45) is 17.8 Å². The fourth-order valence-corrected chi connectivity index (χ4v) is 5.39. The minimum absolute atomic E-state index is 0.161. The van der Waals surface area contributed by atoms with Crippen molar-refractivity contribution in [3.05, 3.63) is 0 Å². The first-order valence-electron chi connectivity index (χ1n) is 10.8. The Hall–Kier alpha value is -0.850. The van der Waals surface area contributed by atoms with Crippen LogP contribution in [0.5, 0.6) is 0 Å². The highest BCUT2D eigenvalue weighted by Crippen LogP contribution is 2.47. The third-order valence-electron chi connectivity index (χ3n) is 6.87. The Kier molecular flexibility index (Phi) is 8.13. The fourth-order valence-electron chi connectivity index (χ4n) is 5.39. The number of halogens is 11. The standard InChI is InChI=1S/C20H25F11O2/c21-9-5-13(23)17(14(24)6-9)19(27,28)32-10-1-2-11(12(22)7-10)8-3-15(25)18(16(26)4-8)33-20(29,30)31/h8-18H,1-7H2. The SMILES string of the molecule is FC1CC(F)C(C(F)(F)OC2CCC(C3CC(F)C(OC(F)(F)F)C(F)C3)C(F)C2)C(F)C1. The number of ether oxygens (including phenoxy) is 2. The zero-order valence-electron chi connectivity index (χ0n) is 17.3. The monoisotopic (exact) mass is 506 g/mol. The molecule has 7 unspecified atom stereocenters. The highest BCUT2D eigenvalue weighted by atomic mass is 19.4. The van der Waals surface area contributed by atoms with Crippen molar-refractivity contribution in [3.63, 3.8) is 0 Å². The Labute approximate surface area is 183 Å². The molecule has 3 aliphatic carbocycles. The first kappa shape index (κ1) is 26.7. The maximum Gasteiger partial charge on any atom is 0.522 e. The predicted molar refractivity (Wildman–Crippen MR) is 92.9 cm³/mol. The largest absolute Gasteiger partial charge is 0.522 e. The molecule has 7 atom stereocenters. The molecule has 0 aromatic carbocycles. The molecular formula is C20H25F11O2. The Morgan fingerprint density at radius 3 is 1.61 bits per heavy atom. The number of rotatable bonds is 5. The minimum atomic E-state index is -5.24. The van der Waals surface area contributed by atoms with E-state index in [2.05, 4.69) is 9.47 Å². The van der Waals surface area contributed by atoms with E-state index in [9.17, 15) is 48.3 Å². The van der Waals surface area contributed by atoms with Crippen molar-refractivity contribution in [2.45, 2.75) is 107 Å². The van der Waals surface area contributed by atoms with Crippen molar-refractivity contribution in [3.8, 4) is 0 Å². The van der Waals surface area contributed by atoms with Gasteiger partial charge in [0.1, 0.15) is 49.1 Å². The minimum Gasteiger partial charge on any atom is -0.317 e. The van der Waals surface area contributed by atoms with Crippen LogP contribution >= 0.6 is 0 Å². The predicted octanol–water partition coefficient (Wildman–Crippen LogP) is 6.52. The van der Waals surface area contributed by atoms with Crippen LogP contribution in [0.3, 0.4) is 0 Å². The normalized spacial score (nSPS) is 45.7. The van der Waals surface area contributed by atoms with Crippen molar-refractivity contribution in [1.29, 1.82) is 0 Å². The molecule has 0 saturated heterocycles. The van der Waals surface area contributed by atoms with Gasteiger partial charge in [-0.05, 0) is 37.5 Å². The van der Waals surface area contributed by atoms with Crippen molar-refractivity contribution >= 4 is 0 Å². The van der Waals surface area contributed by atoms with Gasteiger partial charge in [-0.3, -0.25) is 4.74 Å². The number of alkyl halides is 11. The Balaban J connectivity index is 1.56. The summed E-state index contributed by atoms with van der Waals surface area (Å²) >= 11 is 0. The van der Waals surface area contributed by atoms with Gasteiger partial charge in [-0.25, -0.2) is 26.3 Å². The second kappa shape index (κ2) is 10.0. The van der Waals surface area contributed by atoms with Crippen LogP contribution in [-0.4, -0.2) is 61.7 Å². The quantitative estimate of drug-likeness (QED) is 0.396. The average Bonchev–Trinajstić information content (AvgIpc) is 2.62. The van der Waals surface area contributed by atoms with Gasteiger partial charge in [0.05, 0.1) is 6.10 Å². The molecule has 13 heteroatoms. The molecule has 0 bridgehead atoms. The van der Waals surface area contributed by atoms with E-state index < -0.39 is 112 Å². The molecule has 0 aliphatic heterocycles. The van der Waals surface area contributed by atoms with E-state index in [1.54, 1.807) is 0 Å². The topological polar surface area (TPSA) is 18.5 Å². The van der Waals surface area contributed by atoms with Crippen LogP contribution in [0.15, 0.2) is 0 Å². The third kappa shape index (κ3) is 6.43. The summed E-state index contributed by atoms with van der Waals surface area (Å²) in [7, 11) is 0. The molecule has 0 aromatic heterocycles. The third-order valence-corrected chi connectivity index (χ3v) is 6.87. The summed E-state index contributed by atoms with van der Waals surface area (Å²) in [6.07, 6.45) is -30.8. The van der Waals surface area contributed by atoms with E-state index in [1.807, 2.05) is 0 Å². The van der Waals surface area contributed by atoms with Gasteiger partial charge in [0, 0.05) is 19.3 Å². The molecule has 0 heterocycles. The molecule has 2 nitrogen and oxygen atoms in total. The van der Waals surface area contributed by atoms with Gasteiger partial charge in [-0.1, -0.05) is 0 Å². The lowest BCUT2D eigenvalue weighted by Gasteiger charge is -2.43. The Morgan fingerprint density at radius 1 is 0.576 bits per heavy atom. The van der Waals surface area contributed by atoms with Gasteiger partial charge in [-0.2, -0.15) is 8.78 Å². The zero-order valence-corrected chi connectivity index (χ0v) is 17.3. The molecule has 3 rings (SSSR count). The molecule has 0 radical (unpaired) electrons. The van der Waals surface area contributed by atoms with E-state index in [1.165, 1.54) is 0 Å². The lowest BCUT2D eigenvalue weighted by Crippen LogP contribution is -2.51. The van der Waals surface area contributed by atoms with E-state index in [4.69, 9.17) is 0 Å². The van der Waals surface area contributed by atoms with Gasteiger partial charge in [0.2, 0.25) is 0 Å². The lowest BCUT2D eigenvalue weighted by atomic mass is 9.70. The van der Waals surface area contributed by atoms with Gasteiger partial charge in [0.15, 0.2) is 0 Å². The second-order valence-corrected chi connectivity index (χ2v) is 9.21. The first-order chi connectivity index (χ1) is 15.2. The molecule has 3 saturated carbocycles. The van der Waals surface area contributed by atoms with Gasteiger partial charge < -0.3 is 4.74 Å². The summed E-state index contributed by atoms with van der Waals surface area (Å²) in [4.78, 5) is 0. The molecule has 0 amide bonds. The maximum absolute atomic E-state index is 14.7. The second-order valence-electron chi connectivity index (χ2n) is 9.21. The Bertz CT molecular complexity index is 624. The average molecular weight is 506 g/mol. The van der Waals surface area contributed by atoms with Crippen LogP contribution in [0.2, 0.25) is 0 Å². The summed E-state index contributed by atoms with van der Waals surface area (Å²) in [5.74, 6) is -4.53. The molecule has 3 fully saturated rings. The maximum atomic E-state index is 14.7. The molecule has 0 aromatic rings. The molecular weight excluding hydrogens is 481 g/mol. The van der Waals surface area contributed by atoms with Crippen LogP contribution in [0.4, 0.5) is 48.3 Å². The first-order valence-corrected chi connectivity index (χ1v) is 10.8. The fraction of sp³-hybridized carbons (Fsp3) is 1.00. The van der Waals surface area contributed by atoms with E-state index in [0.717, 1.165) is 0 Å². The zero-order chi connectivity index (χ0) is 24.7. The van der Waals surface area contributed by atoms with Crippen LogP contribution in [0.1, 0.15) is 44.9 Å². The summed E-state index contributed by atoms with van der Waals surface area (Å²) < 4.78 is 158. The van der Waals surface area contributed by atoms with Crippen molar-refractivity contribution in [1.82, 2.24) is 0 Å². The van der Waals surface area contributed by atoms with E-state index in [-0.39, 0.29) is 12.8 Å². The van der Waals surface area contributed by atoms with Gasteiger partial charge in [0.25, 0.3) is 0 Å². The van der Waals surface area contributed by atoms with Gasteiger partial charge in [-0.15, -0.1) is 13.2 Å². The van der Waals surface area contributed by atoms with Crippen LogP contribution < -0.4 is 0 Å². The van der Waals surface area contributed by atoms with E-state index >= 15 is 0 Å². The highest BCUT2D eigenvalue weighted by Gasteiger charge is 2.56. The molecule has 3 aliphatic rings. The van der Waals surface area contributed by atoms with Crippen LogP contribution in [-0.2, 0) is 9.47 Å². The smallest absolute Gasteiger partial charge is 0.317 e. The summed E-state index contributed by atoms with van der Waals surface area (Å²) in [5.41, 5.74) is 0. The number of hydrogen-bond acceptors (Lipinski definition) is 2. The molecule has 0 spiro atoms. The van der Waals surface area contributed by atoms with E-state index in [0.29, 0.717) is 0 Å². The van der Waals surface area contributed by atoms with Gasteiger partial charge >= 0.3 is 12.5 Å². The molecule has 33 heavy (non-hydrogen) atoms. The van der Waals surface area contributed by atoms with Crippen LogP contribution in [0, 0.1) is 17.8 Å².